The van der Waals surface area contributed by atoms with Gasteiger partial charge in [0.05, 0.1) is 6.07 Å². The van der Waals surface area contributed by atoms with Gasteiger partial charge in [0.25, 0.3) is 0 Å². The normalized spacial score (nSPS) is 10.1. The predicted molar refractivity (Wildman–Crippen MR) is 65.2 cm³/mol. The average Bonchev–Trinajstić information content (AvgIpc) is 2.71. The molecular weight excluding hydrogens is 204 g/mol. The summed E-state index contributed by atoms with van der Waals surface area (Å²) in [6.07, 6.45) is 1.52. The molecule has 0 atom stereocenters. The van der Waals surface area contributed by atoms with Crippen LogP contribution >= 0.6 is 11.3 Å². The van der Waals surface area contributed by atoms with Gasteiger partial charge in [-0.05, 0) is 41.5 Å². The number of fused-ring (bicyclic) bond motifs is 1. The van der Waals surface area contributed by atoms with Crippen molar-refractivity contribution in [2.24, 2.45) is 0 Å². The van der Waals surface area contributed by atoms with Crippen LogP contribution in [0.5, 0.6) is 0 Å². The molecule has 0 saturated carbocycles. The van der Waals surface area contributed by atoms with Crippen molar-refractivity contribution < 1.29 is 0 Å². The van der Waals surface area contributed by atoms with Crippen molar-refractivity contribution in [1.29, 1.82) is 5.26 Å². The Bertz CT molecular complexity index is 482. The second-order valence-electron chi connectivity index (χ2n) is 3.36. The summed E-state index contributed by atoms with van der Waals surface area (Å²) in [6.45, 7) is 0.864. The van der Waals surface area contributed by atoms with Gasteiger partial charge in [-0.3, -0.25) is 0 Å². The van der Waals surface area contributed by atoms with E-state index in [4.69, 9.17) is 5.26 Å². The molecule has 2 aromatic rings. The maximum atomic E-state index is 8.40. The second-order valence-corrected chi connectivity index (χ2v) is 4.31. The van der Waals surface area contributed by atoms with E-state index in [1.807, 2.05) is 0 Å². The van der Waals surface area contributed by atoms with Gasteiger partial charge >= 0.3 is 0 Å². The van der Waals surface area contributed by atoms with Gasteiger partial charge < -0.3 is 5.32 Å². The first kappa shape index (κ1) is 10.0. The molecule has 0 fully saturated rings. The zero-order chi connectivity index (χ0) is 10.5. The smallest absolute Gasteiger partial charge is 0.0622 e. The molecule has 0 saturated heterocycles. The van der Waals surface area contributed by atoms with Crippen LogP contribution in [-0.2, 0) is 0 Å². The molecule has 3 heteroatoms. The quantitative estimate of drug-likeness (QED) is 0.792. The Morgan fingerprint density at radius 2 is 2.27 bits per heavy atom. The number of anilines is 1. The Balaban J connectivity index is 1.99. The fraction of sp³-hybridized carbons (Fsp3) is 0.250. The molecule has 0 aliphatic heterocycles. The van der Waals surface area contributed by atoms with Gasteiger partial charge in [-0.15, -0.1) is 11.3 Å². The number of nitrogens with zero attached hydrogens (tertiary/aromatic N) is 1. The standard InChI is InChI=1S/C12H12N2S/c13-6-1-2-7-14-11-3-4-12-10(9-11)5-8-15-12/h3-5,8-9,14H,1-2,7H2. The van der Waals surface area contributed by atoms with E-state index in [-0.39, 0.29) is 0 Å². The van der Waals surface area contributed by atoms with Crippen molar-refractivity contribution in [1.82, 2.24) is 0 Å². The first-order valence-electron chi connectivity index (χ1n) is 4.98. The minimum Gasteiger partial charge on any atom is -0.385 e. The molecule has 0 amide bonds. The molecule has 2 nitrogen and oxygen atoms in total. The third-order valence-electron chi connectivity index (χ3n) is 2.25. The Kier molecular flexibility index (Phi) is 3.21. The second kappa shape index (κ2) is 4.81. The summed E-state index contributed by atoms with van der Waals surface area (Å²) in [7, 11) is 0. The Morgan fingerprint density at radius 1 is 1.33 bits per heavy atom. The van der Waals surface area contributed by atoms with Gasteiger partial charge in [0.2, 0.25) is 0 Å². The molecule has 1 heterocycles. The topological polar surface area (TPSA) is 35.8 Å². The minimum absolute atomic E-state index is 0.619. The lowest BCUT2D eigenvalue weighted by molar-refractivity contribution is 0.898. The molecule has 15 heavy (non-hydrogen) atoms. The Hall–Kier alpha value is -1.53. The van der Waals surface area contributed by atoms with E-state index in [0.717, 1.165) is 18.7 Å². The fourth-order valence-corrected chi connectivity index (χ4v) is 2.25. The van der Waals surface area contributed by atoms with Gasteiger partial charge in [-0.25, -0.2) is 0 Å². The molecule has 76 valence electrons. The lowest BCUT2D eigenvalue weighted by atomic mass is 10.2. The summed E-state index contributed by atoms with van der Waals surface area (Å²) >= 11 is 1.76. The van der Waals surface area contributed by atoms with Crippen LogP contribution < -0.4 is 5.32 Å². The molecule has 0 spiro atoms. The first-order valence-corrected chi connectivity index (χ1v) is 5.86. The van der Waals surface area contributed by atoms with Gasteiger partial charge in [-0.1, -0.05) is 0 Å². The van der Waals surface area contributed by atoms with Gasteiger partial charge in [-0.2, -0.15) is 5.26 Å². The van der Waals surface area contributed by atoms with Gasteiger partial charge in [0.15, 0.2) is 0 Å². The van der Waals surface area contributed by atoms with Crippen molar-refractivity contribution in [2.45, 2.75) is 12.8 Å². The molecule has 0 radical (unpaired) electrons. The molecule has 1 aromatic carbocycles. The van der Waals surface area contributed by atoms with Crippen LogP contribution in [0.1, 0.15) is 12.8 Å². The summed E-state index contributed by atoms with van der Waals surface area (Å²) in [6, 6.07) is 10.6. The van der Waals surface area contributed by atoms with Crippen LogP contribution in [0.2, 0.25) is 0 Å². The molecule has 1 N–H and O–H groups in total. The number of hydrogen-bond donors (Lipinski definition) is 1. The molecule has 0 aliphatic rings. The van der Waals surface area contributed by atoms with Crippen molar-refractivity contribution in [3.05, 3.63) is 29.6 Å². The number of unbranched alkanes of at least 4 members (excludes halogenated alkanes) is 1. The third-order valence-corrected chi connectivity index (χ3v) is 3.14. The lowest BCUT2D eigenvalue weighted by Crippen LogP contribution is -2.00. The largest absolute Gasteiger partial charge is 0.385 e. The first-order chi connectivity index (χ1) is 7.40. The highest BCUT2D eigenvalue weighted by Crippen LogP contribution is 2.23. The van der Waals surface area contributed by atoms with E-state index in [0.29, 0.717) is 6.42 Å². The number of nitrogens with one attached hydrogen (secondary N) is 1. The molecule has 0 unspecified atom stereocenters. The maximum Gasteiger partial charge on any atom is 0.0622 e. The molecule has 1 aromatic heterocycles. The number of benzene rings is 1. The Labute approximate surface area is 93.2 Å². The highest BCUT2D eigenvalue weighted by molar-refractivity contribution is 7.17. The van der Waals surface area contributed by atoms with Crippen molar-refractivity contribution in [3.8, 4) is 6.07 Å². The fourth-order valence-electron chi connectivity index (χ4n) is 1.48. The van der Waals surface area contributed by atoms with E-state index >= 15 is 0 Å². The van der Waals surface area contributed by atoms with Crippen molar-refractivity contribution in [2.75, 3.05) is 11.9 Å². The Morgan fingerprint density at radius 3 is 3.13 bits per heavy atom. The van der Waals surface area contributed by atoms with Crippen LogP contribution in [0.25, 0.3) is 10.1 Å². The van der Waals surface area contributed by atoms with Crippen molar-refractivity contribution in [3.63, 3.8) is 0 Å². The molecular formula is C12H12N2S. The summed E-state index contributed by atoms with van der Waals surface area (Å²) in [5, 5.41) is 15.1. The van der Waals surface area contributed by atoms with Crippen LogP contribution in [0.4, 0.5) is 5.69 Å². The number of nitriles is 1. The van der Waals surface area contributed by atoms with Gasteiger partial charge in [0.1, 0.15) is 0 Å². The average molecular weight is 216 g/mol. The van der Waals surface area contributed by atoms with Crippen LogP contribution in [-0.4, -0.2) is 6.54 Å². The zero-order valence-electron chi connectivity index (χ0n) is 8.36. The SMILES string of the molecule is N#CCCCNc1ccc2sccc2c1. The van der Waals surface area contributed by atoms with E-state index in [1.165, 1.54) is 10.1 Å². The zero-order valence-corrected chi connectivity index (χ0v) is 9.18. The highest BCUT2D eigenvalue weighted by atomic mass is 32.1. The highest BCUT2D eigenvalue weighted by Gasteiger charge is 1.96. The molecule has 0 bridgehead atoms. The predicted octanol–water partition coefficient (Wildman–Crippen LogP) is 3.62. The van der Waals surface area contributed by atoms with Crippen LogP contribution in [0.3, 0.4) is 0 Å². The number of rotatable bonds is 4. The van der Waals surface area contributed by atoms with E-state index < -0.39 is 0 Å². The van der Waals surface area contributed by atoms with E-state index in [9.17, 15) is 0 Å². The molecule has 0 aliphatic carbocycles. The minimum atomic E-state index is 0.619. The van der Waals surface area contributed by atoms with Crippen molar-refractivity contribution >= 4 is 27.1 Å². The summed E-state index contributed by atoms with van der Waals surface area (Å²) in [4.78, 5) is 0. The lowest BCUT2D eigenvalue weighted by Gasteiger charge is -2.04. The monoisotopic (exact) mass is 216 g/mol. The molecule has 2 rings (SSSR count). The van der Waals surface area contributed by atoms with E-state index in [1.54, 1.807) is 11.3 Å². The van der Waals surface area contributed by atoms with Crippen LogP contribution in [0, 0.1) is 11.3 Å². The van der Waals surface area contributed by atoms with Gasteiger partial charge in [0, 0.05) is 23.4 Å². The van der Waals surface area contributed by atoms with Crippen LogP contribution in [0.15, 0.2) is 29.6 Å². The van der Waals surface area contributed by atoms with E-state index in [2.05, 4.69) is 41.0 Å². The maximum absolute atomic E-state index is 8.40. The third kappa shape index (κ3) is 2.48. The summed E-state index contributed by atoms with van der Waals surface area (Å²) < 4.78 is 1.32. The summed E-state index contributed by atoms with van der Waals surface area (Å²) in [5.74, 6) is 0. The summed E-state index contributed by atoms with van der Waals surface area (Å²) in [5.41, 5.74) is 1.14. The number of thiophene rings is 1. The number of hydrogen-bond acceptors (Lipinski definition) is 3.